The SMILES string of the molecule is CCOC(=O)C(OC(=O)Cc1ccccc1-c1ccc(C(F)(F)F)cc1)c1ccccc1-c1cc(Cl)ccc1OCC. The van der Waals surface area contributed by atoms with Crippen LogP contribution in [0.3, 0.4) is 0 Å². The minimum atomic E-state index is -4.46. The molecule has 4 rings (SSSR count). The van der Waals surface area contributed by atoms with Crippen LogP contribution in [0.1, 0.15) is 36.6 Å². The average molecular weight is 597 g/mol. The van der Waals surface area contributed by atoms with Crippen LogP contribution in [0.4, 0.5) is 13.2 Å². The van der Waals surface area contributed by atoms with Gasteiger partial charge in [0.2, 0.25) is 6.10 Å². The van der Waals surface area contributed by atoms with Gasteiger partial charge in [-0.2, -0.15) is 13.2 Å². The first kappa shape index (κ1) is 30.7. The summed E-state index contributed by atoms with van der Waals surface area (Å²) in [6.45, 7) is 3.95. The number of carbonyl (C=O) groups excluding carboxylic acids is 2. The fourth-order valence-corrected chi connectivity index (χ4v) is 4.72. The van der Waals surface area contributed by atoms with Gasteiger partial charge in [-0.25, -0.2) is 4.79 Å². The van der Waals surface area contributed by atoms with Crippen molar-refractivity contribution in [1.29, 1.82) is 0 Å². The van der Waals surface area contributed by atoms with Crippen molar-refractivity contribution in [2.45, 2.75) is 32.5 Å². The Bertz CT molecular complexity index is 1550. The van der Waals surface area contributed by atoms with Gasteiger partial charge in [0.1, 0.15) is 5.75 Å². The Labute approximate surface area is 246 Å². The first-order valence-electron chi connectivity index (χ1n) is 13.3. The summed E-state index contributed by atoms with van der Waals surface area (Å²) in [4.78, 5) is 26.5. The predicted molar refractivity (Wildman–Crippen MR) is 154 cm³/mol. The smallest absolute Gasteiger partial charge is 0.416 e. The molecule has 9 heteroatoms. The molecule has 0 aliphatic rings. The summed E-state index contributed by atoms with van der Waals surface area (Å²) >= 11 is 6.29. The number of carbonyl (C=O) groups is 2. The van der Waals surface area contributed by atoms with Crippen LogP contribution in [0.25, 0.3) is 22.3 Å². The van der Waals surface area contributed by atoms with Gasteiger partial charge in [0.25, 0.3) is 0 Å². The fourth-order valence-electron chi connectivity index (χ4n) is 4.54. The van der Waals surface area contributed by atoms with Crippen molar-refractivity contribution in [2.75, 3.05) is 13.2 Å². The number of esters is 2. The van der Waals surface area contributed by atoms with Crippen LogP contribution >= 0.6 is 11.6 Å². The Morgan fingerprint density at radius 3 is 2.14 bits per heavy atom. The number of hydrogen-bond acceptors (Lipinski definition) is 5. The Morgan fingerprint density at radius 1 is 0.810 bits per heavy atom. The largest absolute Gasteiger partial charge is 0.493 e. The molecule has 0 bridgehead atoms. The van der Waals surface area contributed by atoms with Gasteiger partial charge in [-0.1, -0.05) is 72.3 Å². The Kier molecular flexibility index (Phi) is 9.91. The van der Waals surface area contributed by atoms with Crippen molar-refractivity contribution in [3.05, 3.63) is 113 Å². The second-order valence-electron chi connectivity index (χ2n) is 9.19. The van der Waals surface area contributed by atoms with E-state index in [9.17, 15) is 22.8 Å². The highest BCUT2D eigenvalue weighted by Gasteiger charge is 2.31. The second kappa shape index (κ2) is 13.6. The molecule has 0 radical (unpaired) electrons. The third-order valence-electron chi connectivity index (χ3n) is 6.40. The standard InChI is InChI=1S/C33H28ClF3O5/c1-3-40-29-18-17-24(34)20-28(29)26-11-7-8-12-27(26)31(32(39)41-4-2)42-30(38)19-22-9-5-6-10-25(22)21-13-15-23(16-14-21)33(35,36)37/h5-18,20,31H,3-4,19H2,1-2H3. The lowest BCUT2D eigenvalue weighted by atomic mass is 9.95. The van der Waals surface area contributed by atoms with Crippen LogP contribution in [-0.4, -0.2) is 25.2 Å². The molecule has 1 unspecified atom stereocenters. The molecular formula is C33H28ClF3O5. The second-order valence-corrected chi connectivity index (χ2v) is 9.63. The van der Waals surface area contributed by atoms with Crippen molar-refractivity contribution >= 4 is 23.5 Å². The van der Waals surface area contributed by atoms with Gasteiger partial charge in [-0.3, -0.25) is 4.79 Å². The van der Waals surface area contributed by atoms with Gasteiger partial charge in [-0.15, -0.1) is 0 Å². The molecule has 1 atom stereocenters. The van der Waals surface area contributed by atoms with Gasteiger partial charge in [-0.05, 0) is 66.4 Å². The van der Waals surface area contributed by atoms with Crippen molar-refractivity contribution in [3.8, 4) is 28.0 Å². The van der Waals surface area contributed by atoms with Crippen molar-refractivity contribution in [2.24, 2.45) is 0 Å². The highest BCUT2D eigenvalue weighted by atomic mass is 35.5. The maximum absolute atomic E-state index is 13.3. The predicted octanol–water partition coefficient (Wildman–Crippen LogP) is 8.48. The highest BCUT2D eigenvalue weighted by molar-refractivity contribution is 6.31. The first-order valence-corrected chi connectivity index (χ1v) is 13.6. The maximum atomic E-state index is 13.3. The maximum Gasteiger partial charge on any atom is 0.416 e. The van der Waals surface area contributed by atoms with E-state index in [1.807, 2.05) is 6.92 Å². The molecule has 0 heterocycles. The molecule has 0 saturated heterocycles. The Hall–Kier alpha value is -4.30. The summed E-state index contributed by atoms with van der Waals surface area (Å²) in [5.41, 5.74) is 2.37. The number of alkyl halides is 3. The third kappa shape index (κ3) is 7.31. The van der Waals surface area contributed by atoms with E-state index in [2.05, 4.69) is 0 Å². The Morgan fingerprint density at radius 2 is 1.48 bits per heavy atom. The van der Waals surface area contributed by atoms with Crippen LogP contribution in [-0.2, 0) is 31.7 Å². The lowest BCUT2D eigenvalue weighted by Crippen LogP contribution is -2.23. The molecule has 0 aliphatic carbocycles. The van der Waals surface area contributed by atoms with E-state index in [-0.39, 0.29) is 13.0 Å². The zero-order chi connectivity index (χ0) is 30.3. The molecule has 0 amide bonds. The summed E-state index contributed by atoms with van der Waals surface area (Å²) in [7, 11) is 0. The van der Waals surface area contributed by atoms with Crippen molar-refractivity contribution in [1.82, 2.24) is 0 Å². The minimum absolute atomic E-state index is 0.0627. The van der Waals surface area contributed by atoms with E-state index < -0.39 is 29.8 Å². The summed E-state index contributed by atoms with van der Waals surface area (Å²) in [5.74, 6) is -0.943. The first-order chi connectivity index (χ1) is 20.1. The molecule has 0 saturated carbocycles. The molecule has 218 valence electrons. The van der Waals surface area contributed by atoms with Gasteiger partial charge in [0.15, 0.2) is 0 Å². The number of hydrogen-bond donors (Lipinski definition) is 0. The van der Waals surface area contributed by atoms with E-state index in [1.165, 1.54) is 12.1 Å². The van der Waals surface area contributed by atoms with Crippen LogP contribution < -0.4 is 4.74 Å². The summed E-state index contributed by atoms with van der Waals surface area (Å²) in [6.07, 6.45) is -6.11. The molecule has 4 aromatic rings. The molecule has 0 aliphatic heterocycles. The number of ether oxygens (including phenoxy) is 3. The topological polar surface area (TPSA) is 61.8 Å². The van der Waals surface area contributed by atoms with Crippen LogP contribution in [0.2, 0.25) is 5.02 Å². The van der Waals surface area contributed by atoms with E-state index in [0.29, 0.717) is 50.8 Å². The Balaban J connectivity index is 1.67. The fraction of sp³-hybridized carbons (Fsp3) is 0.212. The zero-order valence-electron chi connectivity index (χ0n) is 22.9. The van der Waals surface area contributed by atoms with Crippen LogP contribution in [0.15, 0.2) is 91.0 Å². The molecular weight excluding hydrogens is 569 g/mol. The summed E-state index contributed by atoms with van der Waals surface area (Å²) < 4.78 is 56.0. The number of benzene rings is 4. The number of halogens is 4. The van der Waals surface area contributed by atoms with Crippen LogP contribution in [0, 0.1) is 0 Å². The lowest BCUT2D eigenvalue weighted by Gasteiger charge is -2.21. The zero-order valence-corrected chi connectivity index (χ0v) is 23.7. The molecule has 0 spiro atoms. The van der Waals surface area contributed by atoms with Crippen molar-refractivity contribution < 1.29 is 37.0 Å². The number of rotatable bonds is 10. The summed E-state index contributed by atoms with van der Waals surface area (Å²) in [5, 5.41) is 0.452. The van der Waals surface area contributed by atoms with E-state index in [0.717, 1.165) is 12.1 Å². The minimum Gasteiger partial charge on any atom is -0.493 e. The monoisotopic (exact) mass is 596 g/mol. The molecule has 0 N–H and O–H groups in total. The van der Waals surface area contributed by atoms with Gasteiger partial charge >= 0.3 is 18.1 Å². The third-order valence-corrected chi connectivity index (χ3v) is 6.64. The average Bonchev–Trinajstić information content (AvgIpc) is 2.97. The van der Waals surface area contributed by atoms with Gasteiger partial charge < -0.3 is 14.2 Å². The van der Waals surface area contributed by atoms with E-state index >= 15 is 0 Å². The molecule has 5 nitrogen and oxygen atoms in total. The molecule has 42 heavy (non-hydrogen) atoms. The van der Waals surface area contributed by atoms with Gasteiger partial charge in [0.05, 0.1) is 25.2 Å². The summed E-state index contributed by atoms with van der Waals surface area (Å²) in [6, 6.07) is 23.5. The van der Waals surface area contributed by atoms with Crippen LogP contribution in [0.5, 0.6) is 5.75 Å². The molecule has 4 aromatic carbocycles. The van der Waals surface area contributed by atoms with Crippen molar-refractivity contribution in [3.63, 3.8) is 0 Å². The van der Waals surface area contributed by atoms with Gasteiger partial charge in [0, 0.05) is 16.1 Å². The highest BCUT2D eigenvalue weighted by Crippen LogP contribution is 2.38. The quantitative estimate of drug-likeness (QED) is 0.172. The molecule has 0 aromatic heterocycles. The van der Waals surface area contributed by atoms with E-state index in [1.54, 1.807) is 73.7 Å². The van der Waals surface area contributed by atoms with E-state index in [4.69, 9.17) is 25.8 Å². The normalized spacial score (nSPS) is 12.0. The lowest BCUT2D eigenvalue weighted by molar-refractivity contribution is -0.167. The molecule has 0 fully saturated rings.